The quantitative estimate of drug-likeness (QED) is 0.278. The van der Waals surface area contributed by atoms with Crippen LogP contribution >= 0.6 is 22.9 Å². The fourth-order valence-corrected chi connectivity index (χ4v) is 3.76. The van der Waals surface area contributed by atoms with Gasteiger partial charge in [0.1, 0.15) is 10.0 Å². The van der Waals surface area contributed by atoms with Crippen molar-refractivity contribution in [1.82, 2.24) is 4.98 Å². The number of benzene rings is 1. The first-order chi connectivity index (χ1) is 11.9. The van der Waals surface area contributed by atoms with Crippen molar-refractivity contribution in [3.05, 3.63) is 69.3 Å². The van der Waals surface area contributed by atoms with E-state index in [0.29, 0.717) is 10.4 Å². The summed E-state index contributed by atoms with van der Waals surface area (Å²) in [5.74, 6) is -0.0111. The second-order valence-corrected chi connectivity index (χ2v) is 7.65. The van der Waals surface area contributed by atoms with Gasteiger partial charge in [-0.1, -0.05) is 17.7 Å². The molecule has 3 rings (SSSR count). The van der Waals surface area contributed by atoms with Gasteiger partial charge < -0.3 is 4.18 Å². The Bertz CT molecular complexity index is 1020. The maximum Gasteiger partial charge on any atom is 0.340 e. The summed E-state index contributed by atoms with van der Waals surface area (Å²) in [6.07, 6.45) is 1.08. The summed E-state index contributed by atoms with van der Waals surface area (Å²) < 4.78 is 30.0. The molecule has 0 bridgehead atoms. The predicted molar refractivity (Wildman–Crippen MR) is 93.5 cm³/mol. The normalized spacial score (nSPS) is 11.2. The Hall–Kier alpha value is -2.49. The van der Waals surface area contributed by atoms with Gasteiger partial charge in [-0.2, -0.15) is 8.42 Å². The summed E-state index contributed by atoms with van der Waals surface area (Å²) in [6, 6.07) is 9.77. The molecule has 7 nitrogen and oxygen atoms in total. The van der Waals surface area contributed by atoms with E-state index in [4.69, 9.17) is 15.8 Å². The average molecular weight is 397 g/mol. The van der Waals surface area contributed by atoms with E-state index in [2.05, 4.69) is 4.98 Å². The highest BCUT2D eigenvalue weighted by Crippen LogP contribution is 2.37. The lowest BCUT2D eigenvalue weighted by molar-refractivity contribution is -0.384. The molecule has 3 aromatic rings. The highest BCUT2D eigenvalue weighted by Gasteiger charge is 2.22. The molecular weight excluding hydrogens is 388 g/mol. The highest BCUT2D eigenvalue weighted by molar-refractivity contribution is 7.87. The molecule has 0 atom stereocenters. The molecule has 2 heterocycles. The topological polar surface area (TPSA) is 99.4 Å². The van der Waals surface area contributed by atoms with Crippen LogP contribution in [0.5, 0.6) is 5.75 Å². The van der Waals surface area contributed by atoms with Crippen molar-refractivity contribution in [3.8, 4) is 16.2 Å². The SMILES string of the molecule is O=[N+]([O-])c1ccc(OS(=O)(=O)c2ccc(Cl)nc2)c(-c2cccs2)c1. The van der Waals surface area contributed by atoms with Crippen LogP contribution in [0.4, 0.5) is 5.69 Å². The maximum atomic E-state index is 12.4. The zero-order valence-electron chi connectivity index (χ0n) is 12.3. The van der Waals surface area contributed by atoms with Crippen LogP contribution in [0.25, 0.3) is 10.4 Å². The number of rotatable bonds is 5. The fraction of sp³-hybridized carbons (Fsp3) is 0. The van der Waals surface area contributed by atoms with E-state index in [0.717, 1.165) is 6.20 Å². The van der Waals surface area contributed by atoms with E-state index in [1.54, 1.807) is 17.5 Å². The molecule has 0 saturated carbocycles. The number of non-ortho nitro benzene ring substituents is 1. The van der Waals surface area contributed by atoms with Gasteiger partial charge in [-0.05, 0) is 29.6 Å². The lowest BCUT2D eigenvalue weighted by Gasteiger charge is -2.10. The number of nitro groups is 1. The number of aromatic nitrogens is 1. The Morgan fingerprint density at radius 3 is 2.60 bits per heavy atom. The van der Waals surface area contributed by atoms with Gasteiger partial charge in [0, 0.05) is 22.6 Å². The van der Waals surface area contributed by atoms with Gasteiger partial charge in [0.25, 0.3) is 5.69 Å². The molecular formula is C15H9ClN2O5S2. The van der Waals surface area contributed by atoms with Gasteiger partial charge in [-0.15, -0.1) is 11.3 Å². The van der Waals surface area contributed by atoms with Crippen molar-refractivity contribution in [3.63, 3.8) is 0 Å². The van der Waals surface area contributed by atoms with Crippen molar-refractivity contribution >= 4 is 38.7 Å². The monoisotopic (exact) mass is 396 g/mol. The van der Waals surface area contributed by atoms with Crippen molar-refractivity contribution in [2.75, 3.05) is 0 Å². The van der Waals surface area contributed by atoms with Crippen LogP contribution < -0.4 is 4.18 Å². The van der Waals surface area contributed by atoms with Crippen molar-refractivity contribution in [2.24, 2.45) is 0 Å². The summed E-state index contributed by atoms with van der Waals surface area (Å²) in [6.45, 7) is 0. The van der Waals surface area contributed by atoms with Crippen LogP contribution in [-0.4, -0.2) is 18.3 Å². The molecule has 0 spiro atoms. The van der Waals surface area contributed by atoms with E-state index in [1.807, 2.05) is 0 Å². The largest absolute Gasteiger partial charge is 0.378 e. The van der Waals surface area contributed by atoms with Crippen LogP contribution in [0.3, 0.4) is 0 Å². The molecule has 128 valence electrons. The summed E-state index contributed by atoms with van der Waals surface area (Å²) in [4.78, 5) is 14.6. The van der Waals surface area contributed by atoms with Crippen molar-refractivity contribution in [1.29, 1.82) is 0 Å². The first-order valence-corrected chi connectivity index (χ1v) is 9.42. The van der Waals surface area contributed by atoms with E-state index in [-0.39, 0.29) is 21.5 Å². The Morgan fingerprint density at radius 2 is 2.00 bits per heavy atom. The minimum absolute atomic E-state index is 0.0111. The Morgan fingerprint density at radius 1 is 1.20 bits per heavy atom. The van der Waals surface area contributed by atoms with Gasteiger partial charge in [-0.25, -0.2) is 4.98 Å². The van der Waals surface area contributed by atoms with Gasteiger partial charge in [0.05, 0.1) is 11.1 Å². The Kier molecular flexibility index (Phi) is 4.71. The van der Waals surface area contributed by atoms with Gasteiger partial charge >= 0.3 is 10.1 Å². The molecule has 0 aliphatic heterocycles. The van der Waals surface area contributed by atoms with Crippen LogP contribution in [0, 0.1) is 10.1 Å². The number of nitrogens with zero attached hydrogens (tertiary/aromatic N) is 2. The Balaban J connectivity index is 2.05. The third-order valence-corrected chi connectivity index (χ3v) is 5.49. The average Bonchev–Trinajstić information content (AvgIpc) is 3.09. The van der Waals surface area contributed by atoms with Crippen molar-refractivity contribution < 1.29 is 17.5 Å². The van der Waals surface area contributed by atoms with E-state index in [1.165, 1.54) is 41.7 Å². The van der Waals surface area contributed by atoms with E-state index >= 15 is 0 Å². The van der Waals surface area contributed by atoms with Crippen molar-refractivity contribution in [2.45, 2.75) is 4.90 Å². The second kappa shape index (κ2) is 6.79. The smallest absolute Gasteiger partial charge is 0.340 e. The lowest BCUT2D eigenvalue weighted by Crippen LogP contribution is -2.10. The molecule has 0 saturated heterocycles. The number of halogens is 1. The minimum Gasteiger partial charge on any atom is -0.378 e. The number of hydrogen-bond donors (Lipinski definition) is 0. The minimum atomic E-state index is -4.16. The Labute approximate surface area is 151 Å². The summed E-state index contributed by atoms with van der Waals surface area (Å²) >= 11 is 6.96. The standard InChI is InChI=1S/C15H9ClN2O5S2/c16-15-6-4-11(9-17-15)25(21,22)23-13-5-3-10(18(19)20)8-12(13)14-2-1-7-24-14/h1-9H. The summed E-state index contributed by atoms with van der Waals surface area (Å²) in [5.41, 5.74) is 0.149. The molecule has 25 heavy (non-hydrogen) atoms. The molecule has 1 aromatic carbocycles. The predicted octanol–water partition coefficient (Wildman–Crippen LogP) is 4.14. The second-order valence-electron chi connectivity index (χ2n) is 4.77. The molecule has 2 aromatic heterocycles. The lowest BCUT2D eigenvalue weighted by atomic mass is 10.1. The zero-order valence-corrected chi connectivity index (χ0v) is 14.7. The third-order valence-electron chi connectivity index (χ3n) is 3.15. The molecule has 0 aliphatic rings. The maximum absolute atomic E-state index is 12.4. The molecule has 0 fully saturated rings. The molecule has 0 radical (unpaired) electrons. The first kappa shape index (κ1) is 17.3. The highest BCUT2D eigenvalue weighted by atomic mass is 35.5. The van der Waals surface area contributed by atoms with Gasteiger partial charge in [-0.3, -0.25) is 10.1 Å². The molecule has 10 heteroatoms. The van der Waals surface area contributed by atoms with E-state index < -0.39 is 15.0 Å². The third kappa shape index (κ3) is 3.78. The van der Waals surface area contributed by atoms with Gasteiger partial charge in [0.15, 0.2) is 5.75 Å². The molecule has 0 N–H and O–H groups in total. The molecule has 0 amide bonds. The van der Waals surface area contributed by atoms with Crippen LogP contribution in [0.1, 0.15) is 0 Å². The molecule has 0 aliphatic carbocycles. The van der Waals surface area contributed by atoms with E-state index in [9.17, 15) is 18.5 Å². The zero-order chi connectivity index (χ0) is 18.0. The number of nitro benzene ring substituents is 1. The number of thiophene rings is 1. The number of hydrogen-bond acceptors (Lipinski definition) is 7. The summed E-state index contributed by atoms with van der Waals surface area (Å²) in [5, 5.41) is 12.9. The summed E-state index contributed by atoms with van der Waals surface area (Å²) in [7, 11) is -4.16. The number of pyridine rings is 1. The molecule has 0 unspecified atom stereocenters. The fourth-order valence-electron chi connectivity index (χ4n) is 2.01. The van der Waals surface area contributed by atoms with Gasteiger partial charge in [0.2, 0.25) is 0 Å². The van der Waals surface area contributed by atoms with Crippen LogP contribution in [0.15, 0.2) is 58.9 Å². The van der Waals surface area contributed by atoms with Crippen LogP contribution in [0.2, 0.25) is 5.15 Å². The van der Waals surface area contributed by atoms with Crippen LogP contribution in [-0.2, 0) is 10.1 Å². The first-order valence-electron chi connectivity index (χ1n) is 6.75.